The van der Waals surface area contributed by atoms with Crippen molar-refractivity contribution >= 4 is 10.0 Å². The monoisotopic (exact) mass is 296 g/mol. The fourth-order valence-electron chi connectivity index (χ4n) is 2.46. The maximum Gasteiger partial charge on any atom is 0.243 e. The quantitative estimate of drug-likeness (QED) is 0.861. The highest BCUT2D eigenvalue weighted by atomic mass is 32.2. The van der Waals surface area contributed by atoms with Crippen molar-refractivity contribution in [1.82, 2.24) is 4.31 Å². The lowest BCUT2D eigenvalue weighted by Crippen LogP contribution is -2.38. The first-order valence-corrected chi connectivity index (χ1v) is 8.13. The van der Waals surface area contributed by atoms with Gasteiger partial charge in [0, 0.05) is 13.1 Å². The van der Waals surface area contributed by atoms with Gasteiger partial charge in [0.2, 0.25) is 10.0 Å². The molecule has 0 radical (unpaired) electrons. The molecule has 1 fully saturated rings. The molecule has 1 aliphatic heterocycles. The molecule has 1 aliphatic rings. The SMILES string of the molecule is CCC1CCN(S(=O)(=O)c2ccc(F)c(C#N)c2)CC1. The predicted molar refractivity (Wildman–Crippen MR) is 72.9 cm³/mol. The van der Waals surface area contributed by atoms with Gasteiger partial charge in [0.1, 0.15) is 11.9 Å². The molecule has 0 unspecified atom stereocenters. The summed E-state index contributed by atoms with van der Waals surface area (Å²) in [7, 11) is -3.63. The van der Waals surface area contributed by atoms with E-state index in [9.17, 15) is 12.8 Å². The molecule has 108 valence electrons. The predicted octanol–water partition coefficient (Wildman–Crippen LogP) is 2.51. The van der Waals surface area contributed by atoms with E-state index in [1.165, 1.54) is 10.4 Å². The number of hydrogen-bond donors (Lipinski definition) is 0. The summed E-state index contributed by atoms with van der Waals surface area (Å²) in [6, 6.07) is 5.03. The average molecular weight is 296 g/mol. The van der Waals surface area contributed by atoms with Crippen molar-refractivity contribution in [2.75, 3.05) is 13.1 Å². The second kappa shape index (κ2) is 5.90. The molecule has 1 heterocycles. The summed E-state index contributed by atoms with van der Waals surface area (Å²) in [5.74, 6) is -0.125. The fraction of sp³-hybridized carbons (Fsp3) is 0.500. The van der Waals surface area contributed by atoms with Crippen molar-refractivity contribution < 1.29 is 12.8 Å². The maximum atomic E-state index is 13.3. The molecule has 0 aliphatic carbocycles. The topological polar surface area (TPSA) is 61.2 Å². The normalized spacial score (nSPS) is 17.9. The van der Waals surface area contributed by atoms with E-state index in [2.05, 4.69) is 6.92 Å². The van der Waals surface area contributed by atoms with Gasteiger partial charge in [0.15, 0.2) is 0 Å². The second-order valence-corrected chi connectivity index (χ2v) is 6.95. The van der Waals surface area contributed by atoms with E-state index < -0.39 is 15.8 Å². The Balaban J connectivity index is 2.25. The third kappa shape index (κ3) is 2.84. The highest BCUT2D eigenvalue weighted by Gasteiger charge is 2.29. The lowest BCUT2D eigenvalue weighted by Gasteiger charge is -2.30. The van der Waals surface area contributed by atoms with Gasteiger partial charge in [-0.25, -0.2) is 12.8 Å². The zero-order chi connectivity index (χ0) is 14.8. The first-order valence-electron chi connectivity index (χ1n) is 6.68. The van der Waals surface area contributed by atoms with Gasteiger partial charge in [0.25, 0.3) is 0 Å². The van der Waals surface area contributed by atoms with Crippen molar-refractivity contribution in [3.63, 3.8) is 0 Å². The van der Waals surface area contributed by atoms with Crippen LogP contribution in [0, 0.1) is 23.1 Å². The molecular weight excluding hydrogens is 279 g/mol. The highest BCUT2D eigenvalue weighted by Crippen LogP contribution is 2.26. The molecule has 0 amide bonds. The second-order valence-electron chi connectivity index (χ2n) is 5.01. The molecule has 0 aromatic heterocycles. The van der Waals surface area contributed by atoms with Crippen molar-refractivity contribution in [3.05, 3.63) is 29.6 Å². The summed E-state index contributed by atoms with van der Waals surface area (Å²) in [4.78, 5) is -0.00889. The van der Waals surface area contributed by atoms with E-state index in [0.717, 1.165) is 31.4 Å². The van der Waals surface area contributed by atoms with E-state index >= 15 is 0 Å². The van der Waals surface area contributed by atoms with Crippen LogP contribution in [0.3, 0.4) is 0 Å². The summed E-state index contributed by atoms with van der Waals surface area (Å²) in [5.41, 5.74) is -0.241. The molecule has 0 atom stereocenters. The molecule has 0 spiro atoms. The first-order chi connectivity index (χ1) is 9.48. The van der Waals surface area contributed by atoms with Gasteiger partial charge in [-0.3, -0.25) is 0 Å². The smallest absolute Gasteiger partial charge is 0.207 e. The van der Waals surface area contributed by atoms with Crippen LogP contribution in [0.15, 0.2) is 23.1 Å². The van der Waals surface area contributed by atoms with Gasteiger partial charge in [-0.2, -0.15) is 9.57 Å². The molecular formula is C14H17FN2O2S. The molecule has 0 bridgehead atoms. The molecule has 2 rings (SSSR count). The zero-order valence-electron chi connectivity index (χ0n) is 11.3. The van der Waals surface area contributed by atoms with Crippen molar-refractivity contribution in [2.24, 2.45) is 5.92 Å². The molecule has 20 heavy (non-hydrogen) atoms. The number of nitriles is 1. The van der Waals surface area contributed by atoms with Gasteiger partial charge >= 0.3 is 0 Å². The number of nitrogens with zero attached hydrogens (tertiary/aromatic N) is 2. The number of piperidine rings is 1. The van der Waals surface area contributed by atoms with Gasteiger partial charge in [-0.05, 0) is 37.0 Å². The Morgan fingerprint density at radius 1 is 1.40 bits per heavy atom. The Bertz CT molecular complexity index is 629. The van der Waals surface area contributed by atoms with Crippen LogP contribution >= 0.6 is 0 Å². The Morgan fingerprint density at radius 3 is 2.60 bits per heavy atom. The van der Waals surface area contributed by atoms with Gasteiger partial charge in [0.05, 0.1) is 10.5 Å². The Hall–Kier alpha value is -1.45. The number of benzene rings is 1. The van der Waals surface area contributed by atoms with Crippen LogP contribution in [-0.2, 0) is 10.0 Å². The summed E-state index contributed by atoms with van der Waals surface area (Å²) >= 11 is 0. The zero-order valence-corrected chi connectivity index (χ0v) is 12.2. The third-order valence-electron chi connectivity index (χ3n) is 3.85. The summed E-state index contributed by atoms with van der Waals surface area (Å²) in [6.07, 6.45) is 2.76. The molecule has 1 aromatic rings. The van der Waals surface area contributed by atoms with E-state index in [1.807, 2.05) is 0 Å². The summed E-state index contributed by atoms with van der Waals surface area (Å²) in [5, 5.41) is 8.79. The molecule has 1 saturated heterocycles. The molecule has 0 saturated carbocycles. The lowest BCUT2D eigenvalue weighted by atomic mass is 9.96. The number of rotatable bonds is 3. The molecule has 6 heteroatoms. The average Bonchev–Trinajstić information content (AvgIpc) is 2.47. The van der Waals surface area contributed by atoms with Crippen LogP contribution in [-0.4, -0.2) is 25.8 Å². The Labute approximate surface area is 118 Å². The Kier molecular flexibility index (Phi) is 4.41. The molecule has 1 aromatic carbocycles. The van der Waals surface area contributed by atoms with E-state index in [1.54, 1.807) is 6.07 Å². The van der Waals surface area contributed by atoms with Crippen LogP contribution in [0.4, 0.5) is 4.39 Å². The van der Waals surface area contributed by atoms with E-state index in [0.29, 0.717) is 19.0 Å². The van der Waals surface area contributed by atoms with Gasteiger partial charge in [-0.15, -0.1) is 0 Å². The van der Waals surface area contributed by atoms with E-state index in [-0.39, 0.29) is 10.5 Å². The van der Waals surface area contributed by atoms with Crippen LogP contribution in [0.2, 0.25) is 0 Å². The van der Waals surface area contributed by atoms with Crippen molar-refractivity contribution in [3.8, 4) is 6.07 Å². The van der Waals surface area contributed by atoms with Gasteiger partial charge in [-0.1, -0.05) is 13.3 Å². The van der Waals surface area contributed by atoms with E-state index in [4.69, 9.17) is 5.26 Å². The highest BCUT2D eigenvalue weighted by molar-refractivity contribution is 7.89. The summed E-state index contributed by atoms with van der Waals surface area (Å²) in [6.45, 7) is 3.08. The molecule has 0 N–H and O–H groups in total. The fourth-order valence-corrected chi connectivity index (χ4v) is 3.95. The minimum absolute atomic E-state index is 0.00889. The number of halogens is 1. The largest absolute Gasteiger partial charge is 0.243 e. The summed E-state index contributed by atoms with van der Waals surface area (Å²) < 4.78 is 39.6. The standard InChI is InChI=1S/C14H17FN2O2S/c1-2-11-5-7-17(8-6-11)20(18,19)13-3-4-14(15)12(9-13)10-16/h3-4,9,11H,2,5-8H2,1H3. The third-order valence-corrected chi connectivity index (χ3v) is 5.74. The first kappa shape index (κ1) is 14.9. The Morgan fingerprint density at radius 2 is 2.05 bits per heavy atom. The minimum atomic E-state index is -3.63. The van der Waals surface area contributed by atoms with Crippen LogP contribution in [0.1, 0.15) is 31.7 Å². The van der Waals surface area contributed by atoms with Gasteiger partial charge < -0.3 is 0 Å². The number of hydrogen-bond acceptors (Lipinski definition) is 3. The van der Waals surface area contributed by atoms with Crippen LogP contribution in [0.5, 0.6) is 0 Å². The molecule has 4 nitrogen and oxygen atoms in total. The number of sulfonamides is 1. The van der Waals surface area contributed by atoms with Crippen molar-refractivity contribution in [2.45, 2.75) is 31.1 Å². The van der Waals surface area contributed by atoms with Crippen LogP contribution < -0.4 is 0 Å². The van der Waals surface area contributed by atoms with Crippen molar-refractivity contribution in [1.29, 1.82) is 5.26 Å². The maximum absolute atomic E-state index is 13.3. The van der Waals surface area contributed by atoms with Crippen LogP contribution in [0.25, 0.3) is 0 Å². The lowest BCUT2D eigenvalue weighted by molar-refractivity contribution is 0.269. The minimum Gasteiger partial charge on any atom is -0.207 e.